The summed E-state index contributed by atoms with van der Waals surface area (Å²) >= 11 is 0. The third-order valence-electron chi connectivity index (χ3n) is 0. The zero-order valence-corrected chi connectivity index (χ0v) is 10.4. The van der Waals surface area contributed by atoms with Gasteiger partial charge in [0.05, 0.1) is 0 Å². The predicted octanol–water partition coefficient (Wildman–Crippen LogP) is -2.76. The zero-order valence-electron chi connectivity index (χ0n) is 5.25. The maximum atomic E-state index is 7.33. The van der Waals surface area contributed by atoms with E-state index < -0.39 is 9.05 Å². The van der Waals surface area contributed by atoms with Gasteiger partial charge in [0, 0.05) is 36.9 Å². The third-order valence-corrected chi connectivity index (χ3v) is 0. The van der Waals surface area contributed by atoms with Crippen molar-refractivity contribution in [1.82, 2.24) is 0 Å². The van der Waals surface area contributed by atoms with Crippen LogP contribution in [0.3, 0.4) is 0 Å². The quantitative estimate of drug-likeness (QED) is 0.326. The van der Waals surface area contributed by atoms with Gasteiger partial charge in [0.2, 0.25) is 0 Å². The van der Waals surface area contributed by atoms with Gasteiger partial charge in [0.1, 0.15) is 0 Å². The number of hydrogen-bond acceptors (Lipinski definition) is 4. The molecule has 0 rings (SSSR count). The van der Waals surface area contributed by atoms with Gasteiger partial charge in [0.25, 0.3) is 0 Å². The third kappa shape index (κ3) is 50.9. The van der Waals surface area contributed by atoms with Gasteiger partial charge in [-0.25, -0.2) is 0 Å². The molecule has 0 spiro atoms. The van der Waals surface area contributed by atoms with E-state index in [0.29, 0.717) is 0 Å². The topological polar surface area (TPSA) is 80.9 Å². The fourth-order valence-corrected chi connectivity index (χ4v) is 0. The summed E-state index contributed by atoms with van der Waals surface area (Å²) in [5, 5.41) is 0. The standard InChI is InChI=1S/Ba.Lu.H4O4Si.2H/c;;1-5(2,3)4;;/h;;1-4H;;/q+2;;;2*-1. The van der Waals surface area contributed by atoms with Gasteiger partial charge in [-0.1, -0.05) is 0 Å². The van der Waals surface area contributed by atoms with Gasteiger partial charge < -0.3 is 22.0 Å². The molecule has 0 saturated heterocycles. The molecule has 7 heteroatoms. The Morgan fingerprint density at radius 1 is 1.00 bits per heavy atom. The van der Waals surface area contributed by atoms with Crippen LogP contribution in [0.2, 0.25) is 0 Å². The molecule has 0 aliphatic carbocycles. The van der Waals surface area contributed by atoms with Gasteiger partial charge >= 0.3 is 57.9 Å². The molecule has 51 valence electrons. The van der Waals surface area contributed by atoms with E-state index in [-0.39, 0.29) is 88.6 Å². The SMILES string of the molecule is O[Si](O)(O)O.[Ba+2].[H-].[H-].[Lu]. The van der Waals surface area contributed by atoms with E-state index in [1.807, 2.05) is 0 Å². The molecule has 0 aromatic rings. The van der Waals surface area contributed by atoms with Crippen molar-refractivity contribution in [3.63, 3.8) is 0 Å². The summed E-state index contributed by atoms with van der Waals surface area (Å²) in [5.74, 6) is 0. The van der Waals surface area contributed by atoms with Crippen LogP contribution in [0.15, 0.2) is 0 Å². The van der Waals surface area contributed by atoms with Crippen molar-refractivity contribution in [2.45, 2.75) is 0 Å². The fraction of sp³-hybridized carbons (Fsp3) is 0. The Kier molecular flexibility index (Phi) is 16.4. The van der Waals surface area contributed by atoms with Crippen LogP contribution in [-0.2, 0) is 0 Å². The second-order valence-corrected chi connectivity index (χ2v) is 1.80. The van der Waals surface area contributed by atoms with E-state index in [1.165, 1.54) is 0 Å². The minimum Gasteiger partial charge on any atom is -1.00 e. The molecule has 0 aliphatic heterocycles. The zero-order chi connectivity index (χ0) is 4.50. The van der Waals surface area contributed by atoms with Gasteiger partial charge in [0.15, 0.2) is 0 Å². The van der Waals surface area contributed by atoms with Crippen molar-refractivity contribution in [1.29, 1.82) is 0 Å². The largest absolute Gasteiger partial charge is 2.00 e. The molecule has 0 bridgehead atoms. The summed E-state index contributed by atoms with van der Waals surface area (Å²) < 4.78 is 0. The molecule has 0 amide bonds. The van der Waals surface area contributed by atoms with Gasteiger partial charge in [-0.3, -0.25) is 0 Å². The summed E-state index contributed by atoms with van der Waals surface area (Å²) in [6.07, 6.45) is 0. The Labute approximate surface area is 114 Å². The van der Waals surface area contributed by atoms with Crippen molar-refractivity contribution in [3.8, 4) is 0 Å². The monoisotopic (exact) mass is 411 g/mol. The fourth-order valence-electron chi connectivity index (χ4n) is 0. The van der Waals surface area contributed by atoms with Gasteiger partial charge in [-0.05, 0) is 0 Å². The average Bonchev–Trinajstić information content (AvgIpc) is 0.722. The predicted molar refractivity (Wildman–Crippen MR) is 22.6 cm³/mol. The van der Waals surface area contributed by atoms with Crippen LogP contribution in [-0.4, -0.2) is 77.1 Å². The second kappa shape index (κ2) is 6.97. The van der Waals surface area contributed by atoms with E-state index in [4.69, 9.17) is 19.2 Å². The minimum absolute atomic E-state index is 0. The Balaban J connectivity index is -0.0000000133. The number of hydrogen-bond donors (Lipinski definition) is 4. The van der Waals surface area contributed by atoms with Crippen LogP contribution in [0.5, 0.6) is 0 Å². The maximum Gasteiger partial charge on any atom is 2.00 e. The summed E-state index contributed by atoms with van der Waals surface area (Å²) in [6.45, 7) is 0. The van der Waals surface area contributed by atoms with Crippen LogP contribution in [0.1, 0.15) is 2.85 Å². The summed E-state index contributed by atoms with van der Waals surface area (Å²) in [6, 6.07) is 0. The molecule has 4 nitrogen and oxygen atoms in total. The van der Waals surface area contributed by atoms with E-state index >= 15 is 0 Å². The molecule has 0 atom stereocenters. The van der Waals surface area contributed by atoms with Crippen molar-refractivity contribution in [2.24, 2.45) is 0 Å². The Bertz CT molecular complexity index is 34.0. The molecular weight excluding hydrogens is 404 g/mol. The molecule has 0 aromatic carbocycles. The molecule has 0 heterocycles. The van der Waals surface area contributed by atoms with Crippen LogP contribution in [0.4, 0.5) is 0 Å². The summed E-state index contributed by atoms with van der Waals surface area (Å²) in [7, 11) is -4.61. The minimum atomic E-state index is -4.61. The van der Waals surface area contributed by atoms with E-state index in [2.05, 4.69) is 0 Å². The first-order chi connectivity index (χ1) is 2.00. The molecule has 0 unspecified atom stereocenters. The first kappa shape index (κ1) is 16.4. The van der Waals surface area contributed by atoms with Crippen molar-refractivity contribution in [2.75, 3.05) is 0 Å². The molecule has 7 heavy (non-hydrogen) atoms. The van der Waals surface area contributed by atoms with E-state index in [1.54, 1.807) is 0 Å². The maximum absolute atomic E-state index is 7.33. The van der Waals surface area contributed by atoms with E-state index in [9.17, 15) is 0 Å². The Hall–Kier alpha value is 2.86. The smallest absolute Gasteiger partial charge is 1.00 e. The van der Waals surface area contributed by atoms with E-state index in [0.717, 1.165) is 0 Å². The molecule has 0 aromatic heterocycles. The molecule has 0 fully saturated rings. The first-order valence-electron chi connectivity index (χ1n) is 0.894. The Morgan fingerprint density at radius 2 is 1.00 bits per heavy atom. The van der Waals surface area contributed by atoms with Gasteiger partial charge in [-0.2, -0.15) is 0 Å². The summed E-state index contributed by atoms with van der Waals surface area (Å²) in [5.41, 5.74) is 0. The second-order valence-electron chi connectivity index (χ2n) is 0.600. The molecular formula is H6BaLuO4Si. The van der Waals surface area contributed by atoms with Crippen LogP contribution < -0.4 is 0 Å². The van der Waals surface area contributed by atoms with Crippen LogP contribution in [0.25, 0.3) is 0 Å². The molecule has 0 saturated carbocycles. The van der Waals surface area contributed by atoms with Crippen LogP contribution >= 0.6 is 0 Å². The van der Waals surface area contributed by atoms with Crippen molar-refractivity contribution >= 4 is 57.9 Å². The van der Waals surface area contributed by atoms with Crippen LogP contribution in [0, 0.1) is 36.9 Å². The first-order valence-corrected chi connectivity index (χ1v) is 2.68. The van der Waals surface area contributed by atoms with Gasteiger partial charge in [-0.15, -0.1) is 0 Å². The van der Waals surface area contributed by atoms with Crippen molar-refractivity contribution in [3.05, 3.63) is 0 Å². The molecule has 0 aliphatic rings. The molecule has 1 radical (unpaired) electrons. The Morgan fingerprint density at radius 3 is 1.00 bits per heavy atom. The normalized spacial score (nSPS) is 8.57. The number of rotatable bonds is 0. The summed E-state index contributed by atoms with van der Waals surface area (Å²) in [4.78, 5) is 29.3. The van der Waals surface area contributed by atoms with Crippen molar-refractivity contribution < 1.29 is 58.9 Å². The average molecular weight is 410 g/mol. The molecule has 4 N–H and O–H groups in total.